The van der Waals surface area contributed by atoms with Crippen LogP contribution in [0.25, 0.3) is 0 Å². The number of ether oxygens (including phenoxy) is 1. The van der Waals surface area contributed by atoms with Crippen LogP contribution in [0.3, 0.4) is 0 Å². The molecule has 0 aromatic heterocycles. The highest BCUT2D eigenvalue weighted by Gasteiger charge is 2.58. The zero-order valence-electron chi connectivity index (χ0n) is 15.5. The highest BCUT2D eigenvalue weighted by atomic mass is 127. The summed E-state index contributed by atoms with van der Waals surface area (Å²) in [4.78, 5) is 4.37. The number of hydrogen-bond acceptors (Lipinski definition) is 3. The van der Waals surface area contributed by atoms with Gasteiger partial charge in [0, 0.05) is 49.7 Å². The predicted molar refractivity (Wildman–Crippen MR) is 108 cm³/mol. The summed E-state index contributed by atoms with van der Waals surface area (Å²) < 4.78 is 5.96. The molecule has 6 heteroatoms. The van der Waals surface area contributed by atoms with Crippen LogP contribution in [0.15, 0.2) is 4.99 Å². The minimum Gasteiger partial charge on any atom is -0.377 e. The van der Waals surface area contributed by atoms with Crippen LogP contribution >= 0.6 is 24.0 Å². The number of fused-ring (bicyclic) bond motifs is 1. The molecular weight excluding hydrogens is 403 g/mol. The molecule has 3 N–H and O–H groups in total. The molecule has 2 rings (SSSR count). The van der Waals surface area contributed by atoms with E-state index in [-0.39, 0.29) is 34.9 Å². The smallest absolute Gasteiger partial charge is 0.191 e. The molecule has 1 saturated carbocycles. The van der Waals surface area contributed by atoms with Crippen molar-refractivity contribution in [2.45, 2.75) is 65.1 Å². The first-order chi connectivity index (χ1) is 10.3. The van der Waals surface area contributed by atoms with E-state index in [1.54, 1.807) is 0 Å². The molecule has 1 heterocycles. The van der Waals surface area contributed by atoms with Crippen molar-refractivity contribution in [3.8, 4) is 0 Å². The van der Waals surface area contributed by atoms with Gasteiger partial charge in [-0.15, -0.1) is 24.0 Å². The molecule has 0 radical (unpaired) electrons. The monoisotopic (exact) mass is 438 g/mol. The summed E-state index contributed by atoms with van der Waals surface area (Å²) in [7, 11) is 1.84. The number of halogens is 1. The molecule has 136 valence electrons. The van der Waals surface area contributed by atoms with Gasteiger partial charge in [0.25, 0.3) is 0 Å². The quantitative estimate of drug-likeness (QED) is 0.273. The van der Waals surface area contributed by atoms with E-state index in [1.165, 1.54) is 12.8 Å². The molecule has 1 aliphatic heterocycles. The Bertz CT molecular complexity index is 406. The van der Waals surface area contributed by atoms with Crippen molar-refractivity contribution in [1.82, 2.24) is 16.0 Å². The fraction of sp³-hybridized carbons (Fsp3) is 0.941. The summed E-state index contributed by atoms with van der Waals surface area (Å²) in [6, 6.07) is 0.444. The highest BCUT2D eigenvalue weighted by Crippen LogP contribution is 2.51. The lowest BCUT2D eigenvalue weighted by molar-refractivity contribution is -0.188. The van der Waals surface area contributed by atoms with Crippen LogP contribution in [0.2, 0.25) is 0 Å². The van der Waals surface area contributed by atoms with Gasteiger partial charge in [-0.2, -0.15) is 0 Å². The summed E-state index contributed by atoms with van der Waals surface area (Å²) in [5.74, 6) is 1.52. The van der Waals surface area contributed by atoms with Gasteiger partial charge in [-0.3, -0.25) is 4.99 Å². The molecule has 3 atom stereocenters. The molecule has 0 bridgehead atoms. The normalized spacial score (nSPS) is 29.8. The predicted octanol–water partition coefficient (Wildman–Crippen LogP) is 2.36. The maximum Gasteiger partial charge on any atom is 0.191 e. The minimum absolute atomic E-state index is 0. The van der Waals surface area contributed by atoms with Gasteiger partial charge in [-0.1, -0.05) is 13.8 Å². The van der Waals surface area contributed by atoms with Gasteiger partial charge in [0.05, 0.1) is 6.10 Å². The first kappa shape index (κ1) is 21.0. The molecular formula is C17H35IN4O. The van der Waals surface area contributed by atoms with Crippen molar-refractivity contribution < 1.29 is 4.74 Å². The van der Waals surface area contributed by atoms with Crippen LogP contribution in [0.5, 0.6) is 0 Å². The summed E-state index contributed by atoms with van der Waals surface area (Å²) >= 11 is 0. The van der Waals surface area contributed by atoms with Gasteiger partial charge in [0.2, 0.25) is 0 Å². The molecule has 5 nitrogen and oxygen atoms in total. The lowest BCUT2D eigenvalue weighted by atomic mass is 9.55. The van der Waals surface area contributed by atoms with E-state index in [4.69, 9.17) is 4.74 Å². The Kier molecular flexibility index (Phi) is 7.60. The third-order valence-electron chi connectivity index (χ3n) is 4.92. The van der Waals surface area contributed by atoms with Gasteiger partial charge in [0.15, 0.2) is 5.96 Å². The van der Waals surface area contributed by atoms with Gasteiger partial charge < -0.3 is 20.7 Å². The topological polar surface area (TPSA) is 57.7 Å². The Balaban J connectivity index is 0.00000264. The third kappa shape index (κ3) is 5.19. The van der Waals surface area contributed by atoms with Gasteiger partial charge >= 0.3 is 0 Å². The zero-order chi connectivity index (χ0) is 16.4. The molecule has 0 aromatic carbocycles. The number of nitrogens with one attached hydrogen (secondary N) is 3. The van der Waals surface area contributed by atoms with Crippen molar-refractivity contribution in [2.75, 3.05) is 26.7 Å². The van der Waals surface area contributed by atoms with E-state index in [1.807, 2.05) is 7.05 Å². The average Bonchev–Trinajstić information content (AvgIpc) is 2.45. The van der Waals surface area contributed by atoms with Gasteiger partial charge in [-0.25, -0.2) is 0 Å². The molecule has 0 amide bonds. The first-order valence-corrected chi connectivity index (χ1v) is 8.59. The third-order valence-corrected chi connectivity index (χ3v) is 4.92. The SMILES string of the molecule is CN=C(NCCNC(C)(C)C)NC1C2CCCOC2C1(C)C.I. The molecule has 23 heavy (non-hydrogen) atoms. The van der Waals surface area contributed by atoms with Crippen LogP contribution in [-0.2, 0) is 4.74 Å². The Hall–Kier alpha value is -0.0800. The number of nitrogens with zero attached hydrogens (tertiary/aromatic N) is 1. The van der Waals surface area contributed by atoms with Crippen molar-refractivity contribution in [3.05, 3.63) is 0 Å². The summed E-state index contributed by atoms with van der Waals surface area (Å²) in [6.07, 6.45) is 2.84. The van der Waals surface area contributed by atoms with E-state index >= 15 is 0 Å². The van der Waals surface area contributed by atoms with E-state index < -0.39 is 0 Å². The van der Waals surface area contributed by atoms with Crippen LogP contribution in [0, 0.1) is 11.3 Å². The molecule has 1 aliphatic carbocycles. The lowest BCUT2D eigenvalue weighted by Gasteiger charge is -2.60. The number of rotatable bonds is 4. The van der Waals surface area contributed by atoms with E-state index in [0.717, 1.165) is 25.7 Å². The van der Waals surface area contributed by atoms with Crippen LogP contribution in [0.4, 0.5) is 0 Å². The largest absolute Gasteiger partial charge is 0.377 e. The summed E-state index contributed by atoms with van der Waals surface area (Å²) in [5, 5.41) is 10.5. The average molecular weight is 438 g/mol. The summed E-state index contributed by atoms with van der Waals surface area (Å²) in [5.41, 5.74) is 0.327. The molecule has 0 spiro atoms. The first-order valence-electron chi connectivity index (χ1n) is 8.59. The highest BCUT2D eigenvalue weighted by molar-refractivity contribution is 14.0. The minimum atomic E-state index is 0. The standard InChI is InChI=1S/C17H34N4O.HI/c1-16(2,3)20-10-9-19-15(18-6)21-13-12-8-7-11-22-14(12)17(13,4)5;/h12-14,20H,7-11H2,1-6H3,(H2,18,19,21);1H. The number of guanidine groups is 1. The second-order valence-corrected chi connectivity index (χ2v) is 8.22. The molecule has 0 aromatic rings. The Labute approximate surface area is 158 Å². The van der Waals surface area contributed by atoms with Gasteiger partial charge in [-0.05, 0) is 33.6 Å². The summed E-state index contributed by atoms with van der Waals surface area (Å²) in [6.45, 7) is 13.8. The van der Waals surface area contributed by atoms with E-state index in [0.29, 0.717) is 18.1 Å². The number of hydrogen-bond donors (Lipinski definition) is 3. The van der Waals surface area contributed by atoms with Crippen molar-refractivity contribution in [3.63, 3.8) is 0 Å². The molecule has 2 aliphatic rings. The number of aliphatic imine (C=N–C) groups is 1. The maximum atomic E-state index is 5.96. The second-order valence-electron chi connectivity index (χ2n) is 8.22. The van der Waals surface area contributed by atoms with Crippen LogP contribution in [0.1, 0.15) is 47.5 Å². The fourth-order valence-electron chi connectivity index (χ4n) is 3.78. The lowest BCUT2D eigenvalue weighted by Crippen LogP contribution is -2.71. The van der Waals surface area contributed by atoms with Crippen molar-refractivity contribution >= 4 is 29.9 Å². The fourth-order valence-corrected chi connectivity index (χ4v) is 3.78. The Morgan fingerprint density at radius 1 is 1.26 bits per heavy atom. The van der Waals surface area contributed by atoms with Crippen LogP contribution in [-0.4, -0.2) is 50.4 Å². The zero-order valence-corrected chi connectivity index (χ0v) is 17.9. The van der Waals surface area contributed by atoms with Crippen LogP contribution < -0.4 is 16.0 Å². The Morgan fingerprint density at radius 2 is 1.96 bits per heavy atom. The molecule has 2 fully saturated rings. The Morgan fingerprint density at radius 3 is 2.57 bits per heavy atom. The van der Waals surface area contributed by atoms with E-state index in [2.05, 4.69) is 55.6 Å². The molecule has 1 saturated heterocycles. The maximum absolute atomic E-state index is 5.96. The second kappa shape index (κ2) is 8.34. The molecule has 3 unspecified atom stereocenters. The van der Waals surface area contributed by atoms with Gasteiger partial charge in [0.1, 0.15) is 0 Å². The van der Waals surface area contributed by atoms with E-state index in [9.17, 15) is 0 Å². The van der Waals surface area contributed by atoms with Crippen molar-refractivity contribution in [1.29, 1.82) is 0 Å². The van der Waals surface area contributed by atoms with Crippen molar-refractivity contribution in [2.24, 2.45) is 16.3 Å².